The quantitative estimate of drug-likeness (QED) is 0.729. The number of hydrogen-bond donors (Lipinski definition) is 3. The van der Waals surface area contributed by atoms with Gasteiger partial charge in [0.05, 0.1) is 0 Å². The van der Waals surface area contributed by atoms with Crippen molar-refractivity contribution in [1.82, 2.24) is 5.32 Å². The molecule has 0 aromatic heterocycles. The molecule has 6 nitrogen and oxygen atoms in total. The maximum absolute atomic E-state index is 12.4. The van der Waals surface area contributed by atoms with Gasteiger partial charge in [0.15, 0.2) is 0 Å². The summed E-state index contributed by atoms with van der Waals surface area (Å²) in [5.74, 6) is 0.238. The Kier molecular flexibility index (Phi) is 7.87. The molecule has 4 N–H and O–H groups in total. The summed E-state index contributed by atoms with van der Waals surface area (Å²) < 4.78 is 5.30. The highest BCUT2D eigenvalue weighted by atomic mass is 35.5. The molecule has 26 heavy (non-hydrogen) atoms. The second kappa shape index (κ2) is 9.90. The van der Waals surface area contributed by atoms with Crippen LogP contribution in [-0.2, 0) is 9.53 Å². The van der Waals surface area contributed by atoms with Crippen LogP contribution < -0.4 is 16.4 Å². The Morgan fingerprint density at radius 3 is 2.42 bits per heavy atom. The van der Waals surface area contributed by atoms with Gasteiger partial charge in [0.1, 0.15) is 0 Å². The molecule has 1 aliphatic heterocycles. The molecule has 1 aromatic carbocycles. The van der Waals surface area contributed by atoms with E-state index in [0.717, 1.165) is 37.8 Å². The zero-order chi connectivity index (χ0) is 17.6. The maximum atomic E-state index is 12.4. The number of nitrogens with two attached hydrogens (primary N) is 1. The molecule has 2 fully saturated rings. The van der Waals surface area contributed by atoms with Gasteiger partial charge in [-0.15, -0.1) is 12.4 Å². The summed E-state index contributed by atoms with van der Waals surface area (Å²) >= 11 is 0. The Hall–Kier alpha value is -1.63. The molecular formula is C19H28ClN3O3. The number of carbonyl (C=O) groups excluding carboxylic acids is 2. The highest BCUT2D eigenvalue weighted by Gasteiger charge is 2.31. The smallest absolute Gasteiger partial charge is 0.251 e. The van der Waals surface area contributed by atoms with Crippen molar-refractivity contribution in [3.05, 3.63) is 29.8 Å². The highest BCUT2D eigenvalue weighted by Crippen LogP contribution is 2.31. The molecule has 2 amide bonds. The molecule has 144 valence electrons. The molecular weight excluding hydrogens is 354 g/mol. The molecule has 1 saturated carbocycles. The lowest BCUT2D eigenvalue weighted by Gasteiger charge is -2.23. The third-order valence-electron chi connectivity index (χ3n) is 5.27. The van der Waals surface area contributed by atoms with E-state index in [0.29, 0.717) is 25.3 Å². The average Bonchev–Trinajstić information content (AvgIpc) is 3.12. The van der Waals surface area contributed by atoms with Gasteiger partial charge in [-0.2, -0.15) is 0 Å². The number of rotatable bonds is 5. The third kappa shape index (κ3) is 5.19. The molecule has 1 aliphatic carbocycles. The summed E-state index contributed by atoms with van der Waals surface area (Å²) in [6, 6.07) is 7.24. The van der Waals surface area contributed by atoms with Gasteiger partial charge >= 0.3 is 0 Å². The van der Waals surface area contributed by atoms with E-state index in [1.807, 2.05) is 0 Å². The molecule has 3 rings (SSSR count). The minimum absolute atomic E-state index is 0. The normalized spacial score (nSPS) is 23.1. The van der Waals surface area contributed by atoms with Crippen LogP contribution in [0.1, 0.15) is 42.5 Å². The Labute approximate surface area is 160 Å². The van der Waals surface area contributed by atoms with Gasteiger partial charge in [-0.25, -0.2) is 0 Å². The molecule has 2 atom stereocenters. The summed E-state index contributed by atoms with van der Waals surface area (Å²) in [5, 5.41) is 5.99. The second-order valence-corrected chi connectivity index (χ2v) is 6.96. The van der Waals surface area contributed by atoms with Crippen LogP contribution in [0.3, 0.4) is 0 Å². The minimum atomic E-state index is -0.0798. The van der Waals surface area contributed by atoms with Crippen molar-refractivity contribution in [3.63, 3.8) is 0 Å². The van der Waals surface area contributed by atoms with E-state index in [1.54, 1.807) is 24.3 Å². The van der Waals surface area contributed by atoms with Gasteiger partial charge in [0, 0.05) is 36.4 Å². The Bertz CT molecular complexity index is 603. The largest absolute Gasteiger partial charge is 0.381 e. The van der Waals surface area contributed by atoms with Crippen molar-refractivity contribution in [3.8, 4) is 0 Å². The van der Waals surface area contributed by atoms with E-state index >= 15 is 0 Å². The van der Waals surface area contributed by atoms with E-state index < -0.39 is 0 Å². The SMILES string of the molecule is Cl.NC[C@H]1CCC[C@H]1C(=O)Nc1ccc(C(=O)NC2CCOCC2)cc1. The van der Waals surface area contributed by atoms with Crippen LogP contribution in [0, 0.1) is 11.8 Å². The number of halogens is 1. The predicted octanol–water partition coefficient (Wildman–Crippen LogP) is 2.33. The lowest BCUT2D eigenvalue weighted by molar-refractivity contribution is -0.120. The first-order chi connectivity index (χ1) is 12.2. The molecule has 0 bridgehead atoms. The van der Waals surface area contributed by atoms with Crippen LogP contribution in [-0.4, -0.2) is 37.6 Å². The monoisotopic (exact) mass is 381 g/mol. The Morgan fingerprint density at radius 2 is 1.77 bits per heavy atom. The number of anilines is 1. The van der Waals surface area contributed by atoms with Crippen molar-refractivity contribution in [2.24, 2.45) is 17.6 Å². The molecule has 1 heterocycles. The van der Waals surface area contributed by atoms with Crippen molar-refractivity contribution >= 4 is 29.9 Å². The third-order valence-corrected chi connectivity index (χ3v) is 5.27. The molecule has 1 saturated heterocycles. The van der Waals surface area contributed by atoms with Crippen LogP contribution in [0.2, 0.25) is 0 Å². The molecule has 0 spiro atoms. The number of carbonyl (C=O) groups is 2. The summed E-state index contributed by atoms with van der Waals surface area (Å²) in [4.78, 5) is 24.7. The van der Waals surface area contributed by atoms with E-state index in [9.17, 15) is 9.59 Å². The number of amides is 2. The van der Waals surface area contributed by atoms with E-state index in [4.69, 9.17) is 10.5 Å². The topological polar surface area (TPSA) is 93.5 Å². The van der Waals surface area contributed by atoms with Crippen molar-refractivity contribution in [2.75, 3.05) is 25.1 Å². The van der Waals surface area contributed by atoms with Gasteiger partial charge in [-0.1, -0.05) is 6.42 Å². The first-order valence-electron chi connectivity index (χ1n) is 9.17. The van der Waals surface area contributed by atoms with Crippen LogP contribution in [0.4, 0.5) is 5.69 Å². The minimum Gasteiger partial charge on any atom is -0.381 e. The Balaban J connectivity index is 0.00000243. The fourth-order valence-corrected chi connectivity index (χ4v) is 3.71. The van der Waals surface area contributed by atoms with Crippen molar-refractivity contribution in [1.29, 1.82) is 0 Å². The number of hydrogen-bond acceptors (Lipinski definition) is 4. The van der Waals surface area contributed by atoms with Crippen LogP contribution in [0.15, 0.2) is 24.3 Å². The number of ether oxygens (including phenoxy) is 1. The summed E-state index contributed by atoms with van der Waals surface area (Å²) in [7, 11) is 0. The molecule has 1 aromatic rings. The number of benzene rings is 1. The van der Waals surface area contributed by atoms with Gasteiger partial charge in [-0.3, -0.25) is 9.59 Å². The van der Waals surface area contributed by atoms with Gasteiger partial charge < -0.3 is 21.1 Å². The zero-order valence-corrected chi connectivity index (χ0v) is 15.7. The highest BCUT2D eigenvalue weighted by molar-refractivity contribution is 5.96. The van der Waals surface area contributed by atoms with Crippen LogP contribution >= 0.6 is 12.4 Å². The average molecular weight is 382 g/mol. The predicted molar refractivity (Wildman–Crippen MR) is 104 cm³/mol. The van der Waals surface area contributed by atoms with E-state index in [2.05, 4.69) is 10.6 Å². The summed E-state index contributed by atoms with van der Waals surface area (Å²) in [6.45, 7) is 1.95. The first kappa shape index (κ1) is 20.7. The van der Waals surface area contributed by atoms with Crippen molar-refractivity contribution in [2.45, 2.75) is 38.1 Å². The standard InChI is InChI=1S/C19H27N3O3.ClH/c20-12-14-2-1-3-17(14)19(24)22-15-6-4-13(5-7-15)18(23)21-16-8-10-25-11-9-16;/h4-7,14,16-17H,1-3,8-12,20H2,(H,21,23)(H,22,24);1H/t14-,17-;/m1./s1. The molecule has 0 radical (unpaired) electrons. The van der Waals surface area contributed by atoms with Gasteiger partial charge in [0.25, 0.3) is 5.91 Å². The summed E-state index contributed by atoms with van der Waals surface area (Å²) in [6.07, 6.45) is 4.69. The van der Waals surface area contributed by atoms with Gasteiger partial charge in [-0.05, 0) is 62.4 Å². The van der Waals surface area contributed by atoms with Crippen molar-refractivity contribution < 1.29 is 14.3 Å². The van der Waals surface area contributed by atoms with E-state index in [1.165, 1.54) is 0 Å². The lowest BCUT2D eigenvalue weighted by Crippen LogP contribution is -2.38. The Morgan fingerprint density at radius 1 is 1.08 bits per heavy atom. The summed E-state index contributed by atoms with van der Waals surface area (Å²) in [5.41, 5.74) is 7.07. The maximum Gasteiger partial charge on any atom is 0.251 e. The fourth-order valence-electron chi connectivity index (χ4n) is 3.71. The van der Waals surface area contributed by atoms with Gasteiger partial charge in [0.2, 0.25) is 5.91 Å². The van der Waals surface area contributed by atoms with Crippen LogP contribution in [0.25, 0.3) is 0 Å². The molecule has 0 unspecified atom stereocenters. The van der Waals surface area contributed by atoms with Crippen LogP contribution in [0.5, 0.6) is 0 Å². The van der Waals surface area contributed by atoms with E-state index in [-0.39, 0.29) is 42.1 Å². The fraction of sp³-hybridized carbons (Fsp3) is 0.579. The zero-order valence-electron chi connectivity index (χ0n) is 14.9. The first-order valence-corrected chi connectivity index (χ1v) is 9.17. The molecule has 2 aliphatic rings. The number of nitrogens with one attached hydrogen (secondary N) is 2. The lowest BCUT2D eigenvalue weighted by atomic mass is 9.95. The second-order valence-electron chi connectivity index (χ2n) is 6.96. The molecule has 7 heteroatoms.